The van der Waals surface area contributed by atoms with E-state index in [1.807, 2.05) is 0 Å². The molecule has 0 spiro atoms. The molecule has 0 amide bonds. The molecule has 1 N–H and O–H groups in total. The van der Waals surface area contributed by atoms with Gasteiger partial charge in [0.25, 0.3) is 0 Å². The predicted octanol–water partition coefficient (Wildman–Crippen LogP) is 1.90. The molecular formula is C9H17O2. The molecule has 0 heterocycles. The second kappa shape index (κ2) is 6.23. The van der Waals surface area contributed by atoms with Crippen LogP contribution in [0.25, 0.3) is 0 Å². The lowest BCUT2D eigenvalue weighted by Crippen LogP contribution is -2.02. The second-order valence-electron chi connectivity index (χ2n) is 2.44. The first-order chi connectivity index (χ1) is 5.24. The summed E-state index contributed by atoms with van der Waals surface area (Å²) in [5.41, 5.74) is 0. The van der Waals surface area contributed by atoms with E-state index in [9.17, 15) is 0 Å². The fraction of sp³-hybridized carbons (Fsp3) is 0.667. The first-order valence-corrected chi connectivity index (χ1v) is 3.96. The Bertz CT molecular complexity index is 119. The van der Waals surface area contributed by atoms with Crippen molar-refractivity contribution in [1.29, 1.82) is 0 Å². The zero-order chi connectivity index (χ0) is 8.69. The second-order valence-corrected chi connectivity index (χ2v) is 2.44. The fourth-order valence-electron chi connectivity index (χ4n) is 0.798. The van der Waals surface area contributed by atoms with Crippen molar-refractivity contribution in [3.63, 3.8) is 0 Å². The zero-order valence-electron chi connectivity index (χ0n) is 7.34. The normalized spacial score (nSPS) is 14.7. The van der Waals surface area contributed by atoms with Crippen LogP contribution < -0.4 is 0 Å². The minimum atomic E-state index is -0.462. The molecule has 2 heteroatoms. The molecule has 0 rings (SSSR count). The number of aliphatic hydroxyl groups excluding tert-OH is 1. The van der Waals surface area contributed by atoms with Gasteiger partial charge in [-0.05, 0) is 18.9 Å². The molecular weight excluding hydrogens is 140 g/mol. The Balaban J connectivity index is 3.88. The van der Waals surface area contributed by atoms with E-state index < -0.39 is 6.10 Å². The highest BCUT2D eigenvalue weighted by molar-refractivity contribution is 4.97. The summed E-state index contributed by atoms with van der Waals surface area (Å²) in [5.74, 6) is 0.851. The Morgan fingerprint density at radius 1 is 1.73 bits per heavy atom. The van der Waals surface area contributed by atoms with E-state index >= 15 is 0 Å². The monoisotopic (exact) mass is 157 g/mol. The van der Waals surface area contributed by atoms with Gasteiger partial charge in [0.2, 0.25) is 0 Å². The third kappa shape index (κ3) is 4.85. The average Bonchev–Trinajstić information content (AvgIpc) is 2.03. The number of hydrogen-bond acceptors (Lipinski definition) is 2. The van der Waals surface area contributed by atoms with E-state index in [0.29, 0.717) is 6.42 Å². The van der Waals surface area contributed by atoms with Gasteiger partial charge in [0.05, 0.1) is 19.0 Å². The van der Waals surface area contributed by atoms with Crippen LogP contribution in [0.3, 0.4) is 0 Å². The van der Waals surface area contributed by atoms with Crippen molar-refractivity contribution in [2.24, 2.45) is 0 Å². The number of hydrogen-bond donors (Lipinski definition) is 1. The van der Waals surface area contributed by atoms with Gasteiger partial charge in [0.1, 0.15) is 0 Å². The molecule has 11 heavy (non-hydrogen) atoms. The van der Waals surface area contributed by atoms with E-state index in [2.05, 4.69) is 13.8 Å². The summed E-state index contributed by atoms with van der Waals surface area (Å²) in [5, 5.41) is 9.17. The lowest BCUT2D eigenvalue weighted by atomic mass is 10.2. The maximum absolute atomic E-state index is 9.17. The molecule has 0 saturated carbocycles. The van der Waals surface area contributed by atoms with Crippen molar-refractivity contribution in [2.75, 3.05) is 7.11 Å². The molecule has 0 aromatic rings. The van der Waals surface area contributed by atoms with Gasteiger partial charge in [-0.3, -0.25) is 0 Å². The highest BCUT2D eigenvalue weighted by Crippen LogP contribution is 2.07. The summed E-state index contributed by atoms with van der Waals surface area (Å²) >= 11 is 0. The lowest BCUT2D eigenvalue weighted by Gasteiger charge is -2.06. The van der Waals surface area contributed by atoms with Gasteiger partial charge in [0, 0.05) is 6.42 Å². The average molecular weight is 157 g/mol. The van der Waals surface area contributed by atoms with E-state index in [-0.39, 0.29) is 0 Å². The first-order valence-electron chi connectivity index (χ1n) is 3.96. The van der Waals surface area contributed by atoms with E-state index in [4.69, 9.17) is 9.84 Å². The first kappa shape index (κ1) is 10.5. The van der Waals surface area contributed by atoms with Crippen molar-refractivity contribution in [3.05, 3.63) is 18.8 Å². The van der Waals surface area contributed by atoms with Gasteiger partial charge in [-0.2, -0.15) is 0 Å². The minimum Gasteiger partial charge on any atom is -0.501 e. The zero-order valence-corrected chi connectivity index (χ0v) is 7.34. The molecule has 0 aliphatic carbocycles. The topological polar surface area (TPSA) is 29.5 Å². The molecule has 0 fully saturated rings. The van der Waals surface area contributed by atoms with Crippen molar-refractivity contribution < 1.29 is 9.84 Å². The molecule has 0 aromatic heterocycles. The van der Waals surface area contributed by atoms with Gasteiger partial charge in [-0.25, -0.2) is 0 Å². The van der Waals surface area contributed by atoms with E-state index in [0.717, 1.165) is 18.6 Å². The van der Waals surface area contributed by atoms with Gasteiger partial charge < -0.3 is 9.84 Å². The van der Waals surface area contributed by atoms with Crippen LogP contribution in [-0.2, 0) is 4.74 Å². The Labute approximate surface area is 68.9 Å². The van der Waals surface area contributed by atoms with Crippen molar-refractivity contribution >= 4 is 0 Å². The highest BCUT2D eigenvalue weighted by Gasteiger charge is 1.99. The summed E-state index contributed by atoms with van der Waals surface area (Å²) in [6.45, 7) is 5.66. The van der Waals surface area contributed by atoms with Crippen LogP contribution in [0.15, 0.2) is 11.8 Å². The Morgan fingerprint density at radius 3 is 2.73 bits per heavy atom. The standard InChI is InChI=1S/C9H17O2/c1-4-6-9(11-3)7-8(10)5-2/h7-8,10H,2,4-6H2,1,3H3/b9-7-. The van der Waals surface area contributed by atoms with Crippen LogP contribution in [0.4, 0.5) is 0 Å². The van der Waals surface area contributed by atoms with Crippen LogP contribution in [0.1, 0.15) is 26.2 Å². The third-order valence-electron chi connectivity index (χ3n) is 1.43. The Kier molecular flexibility index (Phi) is 5.94. The van der Waals surface area contributed by atoms with Crippen LogP contribution in [0.2, 0.25) is 0 Å². The summed E-state index contributed by atoms with van der Waals surface area (Å²) in [4.78, 5) is 0. The number of methoxy groups -OCH3 is 1. The van der Waals surface area contributed by atoms with E-state index in [1.165, 1.54) is 0 Å². The lowest BCUT2D eigenvalue weighted by molar-refractivity contribution is 0.209. The van der Waals surface area contributed by atoms with Crippen molar-refractivity contribution in [2.45, 2.75) is 32.3 Å². The summed E-state index contributed by atoms with van der Waals surface area (Å²) < 4.78 is 5.04. The van der Waals surface area contributed by atoms with Crippen LogP contribution in [0.5, 0.6) is 0 Å². The smallest absolute Gasteiger partial charge is 0.0941 e. The summed E-state index contributed by atoms with van der Waals surface area (Å²) in [7, 11) is 1.62. The molecule has 0 saturated heterocycles. The van der Waals surface area contributed by atoms with Crippen LogP contribution >= 0.6 is 0 Å². The molecule has 0 bridgehead atoms. The predicted molar refractivity (Wildman–Crippen MR) is 46.0 cm³/mol. The van der Waals surface area contributed by atoms with Gasteiger partial charge in [-0.15, -0.1) is 0 Å². The SMILES string of the molecule is [CH2]CC(O)/C=C(/CCC)OC. The van der Waals surface area contributed by atoms with Crippen molar-refractivity contribution in [1.82, 2.24) is 0 Å². The van der Waals surface area contributed by atoms with Gasteiger partial charge in [-0.1, -0.05) is 13.8 Å². The number of ether oxygens (including phenoxy) is 1. The van der Waals surface area contributed by atoms with Crippen LogP contribution in [0, 0.1) is 6.92 Å². The van der Waals surface area contributed by atoms with Crippen LogP contribution in [-0.4, -0.2) is 18.3 Å². The fourth-order valence-corrected chi connectivity index (χ4v) is 0.798. The van der Waals surface area contributed by atoms with Gasteiger partial charge >= 0.3 is 0 Å². The third-order valence-corrected chi connectivity index (χ3v) is 1.43. The number of rotatable bonds is 5. The molecule has 0 aliphatic rings. The quantitative estimate of drug-likeness (QED) is 0.618. The van der Waals surface area contributed by atoms with Crippen molar-refractivity contribution in [3.8, 4) is 0 Å². The Hall–Kier alpha value is -0.500. The highest BCUT2D eigenvalue weighted by atomic mass is 16.5. The number of aliphatic hydroxyl groups is 1. The summed E-state index contributed by atoms with van der Waals surface area (Å²) in [6, 6.07) is 0. The van der Waals surface area contributed by atoms with E-state index in [1.54, 1.807) is 13.2 Å². The molecule has 65 valence electrons. The molecule has 1 atom stereocenters. The van der Waals surface area contributed by atoms with Gasteiger partial charge in [0.15, 0.2) is 0 Å². The maximum atomic E-state index is 9.17. The molecule has 2 nitrogen and oxygen atoms in total. The molecule has 1 radical (unpaired) electrons. The largest absolute Gasteiger partial charge is 0.501 e. The molecule has 0 aliphatic heterocycles. The minimum absolute atomic E-state index is 0.462. The molecule has 0 aromatic carbocycles. The molecule has 1 unspecified atom stereocenters. The maximum Gasteiger partial charge on any atom is 0.0941 e. The Morgan fingerprint density at radius 2 is 2.36 bits per heavy atom. The number of allylic oxidation sites excluding steroid dienone is 1. The summed E-state index contributed by atoms with van der Waals surface area (Å²) in [6.07, 6.45) is 3.67.